The Morgan fingerprint density at radius 3 is 2.78 bits per heavy atom. The Hall–Kier alpha value is -0.940. The molecule has 3 nitrogen and oxygen atoms in total. The molecule has 0 aromatic heterocycles. The Kier molecular flexibility index (Phi) is 6.29. The van der Waals surface area contributed by atoms with Gasteiger partial charge in [-0.3, -0.25) is 4.79 Å². The molecule has 5 heteroatoms. The molecule has 0 aliphatic heterocycles. The zero-order valence-electron chi connectivity index (χ0n) is 10.6. The summed E-state index contributed by atoms with van der Waals surface area (Å²) in [5, 5.41) is 0.649. The summed E-state index contributed by atoms with van der Waals surface area (Å²) in [6.45, 7) is 3.25. The van der Waals surface area contributed by atoms with Crippen LogP contribution >= 0.6 is 15.9 Å². The number of alkyl halides is 1. The van der Waals surface area contributed by atoms with E-state index < -0.39 is 5.82 Å². The molecule has 0 saturated carbocycles. The van der Waals surface area contributed by atoms with Crippen LogP contribution in [0.2, 0.25) is 0 Å². The minimum absolute atomic E-state index is 0.118. The fraction of sp³-hybridized carbons (Fsp3) is 0.462. The van der Waals surface area contributed by atoms with Crippen molar-refractivity contribution in [3.05, 3.63) is 35.1 Å². The summed E-state index contributed by atoms with van der Waals surface area (Å²) in [4.78, 5) is 13.8. The Balaban J connectivity index is 2.90. The van der Waals surface area contributed by atoms with E-state index in [9.17, 15) is 9.18 Å². The van der Waals surface area contributed by atoms with Gasteiger partial charge in [0.25, 0.3) is 5.91 Å². The number of benzene rings is 1. The fourth-order valence-corrected chi connectivity index (χ4v) is 2.02. The van der Waals surface area contributed by atoms with E-state index in [1.165, 1.54) is 6.07 Å². The first-order valence-corrected chi connectivity index (χ1v) is 6.82. The second-order valence-corrected chi connectivity index (χ2v) is 4.75. The predicted octanol–water partition coefficient (Wildman–Crippen LogP) is 2.62. The van der Waals surface area contributed by atoms with Crippen LogP contribution in [-0.4, -0.2) is 42.9 Å². The molecule has 100 valence electrons. The zero-order chi connectivity index (χ0) is 13.5. The molecule has 0 aliphatic carbocycles. The summed E-state index contributed by atoms with van der Waals surface area (Å²) in [6.07, 6.45) is 0. The highest BCUT2D eigenvalue weighted by molar-refractivity contribution is 9.09. The van der Waals surface area contributed by atoms with Gasteiger partial charge in [-0.05, 0) is 19.1 Å². The molecule has 1 amide bonds. The number of hydrogen-bond donors (Lipinski definition) is 0. The van der Waals surface area contributed by atoms with Crippen LogP contribution < -0.4 is 0 Å². The van der Waals surface area contributed by atoms with E-state index >= 15 is 0 Å². The number of ether oxygens (including phenoxy) is 1. The molecule has 0 fully saturated rings. The van der Waals surface area contributed by atoms with Gasteiger partial charge in [0, 0.05) is 25.5 Å². The summed E-state index contributed by atoms with van der Waals surface area (Å²) in [5.74, 6) is -0.782. The van der Waals surface area contributed by atoms with Crippen molar-refractivity contribution in [3.8, 4) is 0 Å². The molecule has 0 N–H and O–H groups in total. The van der Waals surface area contributed by atoms with Crippen LogP contribution in [0.25, 0.3) is 0 Å². The highest BCUT2D eigenvalue weighted by Crippen LogP contribution is 2.13. The van der Waals surface area contributed by atoms with Crippen molar-refractivity contribution in [1.82, 2.24) is 4.90 Å². The van der Waals surface area contributed by atoms with Crippen LogP contribution in [0.15, 0.2) is 18.2 Å². The van der Waals surface area contributed by atoms with E-state index in [1.807, 2.05) is 6.92 Å². The molecular weight excluding hydrogens is 301 g/mol. The maximum absolute atomic E-state index is 13.7. The number of amides is 1. The molecule has 0 spiro atoms. The lowest BCUT2D eigenvalue weighted by Crippen LogP contribution is -2.36. The lowest BCUT2D eigenvalue weighted by Gasteiger charge is -2.21. The predicted molar refractivity (Wildman–Crippen MR) is 72.7 cm³/mol. The third-order valence-corrected chi connectivity index (χ3v) is 2.91. The molecule has 1 aromatic carbocycles. The standard InChI is InChI=1S/C13H17BrFNO2/c1-10-3-4-12(15)11(9-10)13(17)16(6-5-14)7-8-18-2/h3-4,9H,5-8H2,1-2H3. The summed E-state index contributed by atoms with van der Waals surface area (Å²) in [7, 11) is 1.57. The summed E-state index contributed by atoms with van der Waals surface area (Å²) < 4.78 is 18.6. The maximum Gasteiger partial charge on any atom is 0.256 e. The number of halogens is 2. The first-order valence-electron chi connectivity index (χ1n) is 5.70. The second kappa shape index (κ2) is 7.48. The van der Waals surface area contributed by atoms with Crippen LogP contribution in [0.5, 0.6) is 0 Å². The largest absolute Gasteiger partial charge is 0.383 e. The number of nitrogens with zero attached hydrogens (tertiary/aromatic N) is 1. The van der Waals surface area contributed by atoms with Crippen molar-refractivity contribution in [3.63, 3.8) is 0 Å². The number of carbonyl (C=O) groups is 1. The SMILES string of the molecule is COCCN(CCBr)C(=O)c1cc(C)ccc1F. The summed E-state index contributed by atoms with van der Waals surface area (Å²) >= 11 is 3.29. The number of rotatable bonds is 6. The van der Waals surface area contributed by atoms with Gasteiger partial charge in [0.15, 0.2) is 0 Å². The van der Waals surface area contributed by atoms with E-state index in [2.05, 4.69) is 15.9 Å². The lowest BCUT2D eigenvalue weighted by atomic mass is 10.1. The van der Waals surface area contributed by atoms with Gasteiger partial charge in [-0.1, -0.05) is 27.6 Å². The smallest absolute Gasteiger partial charge is 0.256 e. The van der Waals surface area contributed by atoms with E-state index in [0.717, 1.165) is 5.56 Å². The first kappa shape index (κ1) is 15.1. The van der Waals surface area contributed by atoms with Crippen molar-refractivity contribution in [2.45, 2.75) is 6.92 Å². The highest BCUT2D eigenvalue weighted by atomic mass is 79.9. The number of carbonyl (C=O) groups excluding carboxylic acids is 1. The van der Waals surface area contributed by atoms with E-state index in [1.54, 1.807) is 24.1 Å². The average molecular weight is 318 g/mol. The topological polar surface area (TPSA) is 29.5 Å². The van der Waals surface area contributed by atoms with Gasteiger partial charge in [-0.25, -0.2) is 4.39 Å². The molecule has 0 bridgehead atoms. The molecule has 18 heavy (non-hydrogen) atoms. The molecule has 0 saturated heterocycles. The Labute approximate surface area is 115 Å². The van der Waals surface area contributed by atoms with Crippen molar-refractivity contribution < 1.29 is 13.9 Å². The third kappa shape index (κ3) is 4.07. The van der Waals surface area contributed by atoms with Gasteiger partial charge in [0.2, 0.25) is 0 Å². The van der Waals surface area contributed by atoms with Gasteiger partial charge in [-0.2, -0.15) is 0 Å². The van der Waals surface area contributed by atoms with E-state index in [-0.39, 0.29) is 11.5 Å². The highest BCUT2D eigenvalue weighted by Gasteiger charge is 2.18. The average Bonchev–Trinajstić information content (AvgIpc) is 2.36. The van der Waals surface area contributed by atoms with Crippen LogP contribution in [0, 0.1) is 12.7 Å². The molecular formula is C13H17BrFNO2. The number of methoxy groups -OCH3 is 1. The van der Waals surface area contributed by atoms with E-state index in [4.69, 9.17) is 4.74 Å². The zero-order valence-corrected chi connectivity index (χ0v) is 12.2. The van der Waals surface area contributed by atoms with Gasteiger partial charge < -0.3 is 9.64 Å². The first-order chi connectivity index (χ1) is 8.60. The van der Waals surface area contributed by atoms with Crippen LogP contribution in [0.4, 0.5) is 4.39 Å². The lowest BCUT2D eigenvalue weighted by molar-refractivity contribution is 0.0704. The molecule has 0 heterocycles. The summed E-state index contributed by atoms with van der Waals surface area (Å²) in [5.41, 5.74) is 0.984. The normalized spacial score (nSPS) is 10.4. The molecule has 0 aliphatic rings. The van der Waals surface area contributed by atoms with Crippen LogP contribution in [0.3, 0.4) is 0 Å². The summed E-state index contributed by atoms with van der Waals surface area (Å²) in [6, 6.07) is 4.55. The Morgan fingerprint density at radius 2 is 2.17 bits per heavy atom. The van der Waals surface area contributed by atoms with Crippen molar-refractivity contribution in [2.24, 2.45) is 0 Å². The molecule has 0 atom stereocenters. The Morgan fingerprint density at radius 1 is 1.44 bits per heavy atom. The molecule has 0 radical (unpaired) electrons. The Bertz CT molecular complexity index is 412. The van der Waals surface area contributed by atoms with Gasteiger partial charge in [0.1, 0.15) is 5.82 Å². The minimum Gasteiger partial charge on any atom is -0.383 e. The third-order valence-electron chi connectivity index (χ3n) is 2.56. The number of hydrogen-bond acceptors (Lipinski definition) is 2. The minimum atomic E-state index is -0.484. The second-order valence-electron chi connectivity index (χ2n) is 3.96. The molecule has 0 unspecified atom stereocenters. The van der Waals surface area contributed by atoms with Crippen molar-refractivity contribution in [2.75, 3.05) is 32.1 Å². The number of aryl methyl sites for hydroxylation is 1. The monoisotopic (exact) mass is 317 g/mol. The molecule has 1 aromatic rings. The maximum atomic E-state index is 13.7. The van der Waals surface area contributed by atoms with Gasteiger partial charge in [-0.15, -0.1) is 0 Å². The quantitative estimate of drug-likeness (QED) is 0.755. The fourth-order valence-electron chi connectivity index (χ4n) is 1.59. The molecule has 1 rings (SSSR count). The van der Waals surface area contributed by atoms with Crippen molar-refractivity contribution in [1.29, 1.82) is 0 Å². The van der Waals surface area contributed by atoms with Crippen LogP contribution in [-0.2, 0) is 4.74 Å². The van der Waals surface area contributed by atoms with E-state index in [0.29, 0.717) is 25.0 Å². The van der Waals surface area contributed by atoms with Crippen LogP contribution in [0.1, 0.15) is 15.9 Å². The van der Waals surface area contributed by atoms with Gasteiger partial charge in [0.05, 0.1) is 12.2 Å². The van der Waals surface area contributed by atoms with Crippen molar-refractivity contribution >= 4 is 21.8 Å². The van der Waals surface area contributed by atoms with Gasteiger partial charge >= 0.3 is 0 Å².